The van der Waals surface area contributed by atoms with Gasteiger partial charge in [-0.25, -0.2) is 17.9 Å². The zero-order valence-electron chi connectivity index (χ0n) is 9.59. The van der Waals surface area contributed by atoms with Crippen LogP contribution in [0, 0.1) is 0 Å². The van der Waals surface area contributed by atoms with Gasteiger partial charge >= 0.3 is 5.69 Å². The van der Waals surface area contributed by atoms with Crippen LogP contribution < -0.4 is 5.69 Å². The van der Waals surface area contributed by atoms with Gasteiger partial charge in [0.2, 0.25) is 9.84 Å². The molecule has 0 radical (unpaired) electrons. The highest BCUT2D eigenvalue weighted by atomic mass is 32.2. The second-order valence-electron chi connectivity index (χ2n) is 3.59. The molecule has 0 spiro atoms. The lowest BCUT2D eigenvalue weighted by Crippen LogP contribution is -2.19. The monoisotopic (exact) mass is 265 g/mol. The summed E-state index contributed by atoms with van der Waals surface area (Å²) in [5.74, 6) is 0. The average molecular weight is 265 g/mol. The standard InChI is InChI=1S/C11H11N3O3S/c1-13-11(15)14(9-12-13)7-8-18(16,17)10-5-3-2-4-6-10/h2-9H,1H3/b8-7+. The van der Waals surface area contributed by atoms with Crippen LogP contribution in [0.2, 0.25) is 0 Å². The summed E-state index contributed by atoms with van der Waals surface area (Å²) in [5, 5.41) is 4.69. The highest BCUT2D eigenvalue weighted by molar-refractivity contribution is 7.94. The minimum atomic E-state index is -3.54. The van der Waals surface area contributed by atoms with Crippen molar-refractivity contribution in [3.63, 3.8) is 0 Å². The lowest BCUT2D eigenvalue weighted by atomic mass is 10.4. The summed E-state index contributed by atoms with van der Waals surface area (Å²) in [7, 11) is -2.06. The average Bonchev–Trinajstić information content (AvgIpc) is 2.69. The summed E-state index contributed by atoms with van der Waals surface area (Å²) in [4.78, 5) is 11.6. The largest absolute Gasteiger partial charge is 0.349 e. The van der Waals surface area contributed by atoms with Crippen molar-refractivity contribution in [1.29, 1.82) is 0 Å². The van der Waals surface area contributed by atoms with Crippen molar-refractivity contribution in [3.8, 4) is 0 Å². The van der Waals surface area contributed by atoms with Crippen molar-refractivity contribution in [1.82, 2.24) is 14.3 Å². The van der Waals surface area contributed by atoms with Crippen LogP contribution in [-0.4, -0.2) is 22.8 Å². The van der Waals surface area contributed by atoms with Gasteiger partial charge in [-0.2, -0.15) is 5.10 Å². The van der Waals surface area contributed by atoms with Gasteiger partial charge in [-0.05, 0) is 12.1 Å². The molecular weight excluding hydrogens is 254 g/mol. The van der Waals surface area contributed by atoms with Gasteiger partial charge in [-0.1, -0.05) is 18.2 Å². The maximum atomic E-state index is 11.9. The summed E-state index contributed by atoms with van der Waals surface area (Å²) < 4.78 is 26.0. The number of aryl methyl sites for hydroxylation is 1. The maximum absolute atomic E-state index is 11.9. The summed E-state index contributed by atoms with van der Waals surface area (Å²) in [6.07, 6.45) is 2.43. The maximum Gasteiger partial charge on any atom is 0.349 e. The minimum absolute atomic E-state index is 0.179. The first kappa shape index (κ1) is 12.3. The third-order valence-electron chi connectivity index (χ3n) is 2.32. The third kappa shape index (κ3) is 2.40. The molecule has 0 aliphatic carbocycles. The van der Waals surface area contributed by atoms with Crippen LogP contribution in [0.25, 0.3) is 6.20 Å². The molecule has 0 fully saturated rings. The fourth-order valence-electron chi connectivity index (χ4n) is 1.34. The molecule has 1 heterocycles. The summed E-state index contributed by atoms with van der Waals surface area (Å²) in [6.45, 7) is 0. The Labute approximate surface area is 104 Å². The first-order chi connectivity index (χ1) is 8.50. The molecule has 0 saturated carbocycles. The van der Waals surface area contributed by atoms with Crippen molar-refractivity contribution < 1.29 is 8.42 Å². The molecule has 0 atom stereocenters. The molecule has 0 aliphatic rings. The molecular formula is C11H11N3O3S. The molecule has 0 N–H and O–H groups in total. The van der Waals surface area contributed by atoms with Gasteiger partial charge < -0.3 is 0 Å². The second kappa shape index (κ2) is 4.61. The fourth-order valence-corrected chi connectivity index (χ4v) is 2.32. The van der Waals surface area contributed by atoms with Gasteiger partial charge in [-0.15, -0.1) is 0 Å². The zero-order chi connectivity index (χ0) is 13.2. The minimum Gasteiger partial charge on any atom is -0.256 e. The highest BCUT2D eigenvalue weighted by Crippen LogP contribution is 2.11. The topological polar surface area (TPSA) is 74.0 Å². The van der Waals surface area contributed by atoms with Gasteiger partial charge in [0.05, 0.1) is 10.3 Å². The van der Waals surface area contributed by atoms with Crippen LogP contribution in [0.3, 0.4) is 0 Å². The number of sulfone groups is 1. The van der Waals surface area contributed by atoms with E-state index in [2.05, 4.69) is 5.10 Å². The predicted molar refractivity (Wildman–Crippen MR) is 66.4 cm³/mol. The van der Waals surface area contributed by atoms with Crippen LogP contribution in [0.15, 0.2) is 51.8 Å². The molecule has 0 bridgehead atoms. The van der Waals surface area contributed by atoms with Crippen LogP contribution in [0.1, 0.15) is 0 Å². The highest BCUT2D eigenvalue weighted by Gasteiger charge is 2.09. The number of benzene rings is 1. The molecule has 2 rings (SSSR count). The Bertz CT molecular complexity index is 726. The van der Waals surface area contributed by atoms with Gasteiger partial charge in [0.25, 0.3) is 0 Å². The Morgan fingerprint density at radius 3 is 2.44 bits per heavy atom. The molecule has 1 aromatic heterocycles. The number of nitrogens with zero attached hydrogens (tertiary/aromatic N) is 3. The SMILES string of the molecule is Cn1ncn(/C=C/S(=O)(=O)c2ccccc2)c1=O. The van der Waals surface area contributed by atoms with E-state index in [1.165, 1.54) is 31.7 Å². The van der Waals surface area contributed by atoms with E-state index in [-0.39, 0.29) is 4.90 Å². The van der Waals surface area contributed by atoms with Crippen molar-refractivity contribution in [2.45, 2.75) is 4.90 Å². The number of aromatic nitrogens is 3. The van der Waals surface area contributed by atoms with Crippen LogP contribution in [0.5, 0.6) is 0 Å². The molecule has 1 aromatic carbocycles. The summed E-state index contributed by atoms with van der Waals surface area (Å²) in [5.41, 5.74) is -0.408. The molecule has 0 amide bonds. The Balaban J connectivity index is 2.35. The quantitative estimate of drug-likeness (QED) is 0.809. The van der Waals surface area contributed by atoms with Crippen LogP contribution in [-0.2, 0) is 16.9 Å². The van der Waals surface area contributed by atoms with Crippen LogP contribution in [0.4, 0.5) is 0 Å². The van der Waals surface area contributed by atoms with Crippen molar-refractivity contribution in [2.75, 3.05) is 0 Å². The molecule has 0 aliphatic heterocycles. The van der Waals surface area contributed by atoms with E-state index in [9.17, 15) is 13.2 Å². The molecule has 18 heavy (non-hydrogen) atoms. The van der Waals surface area contributed by atoms with Crippen molar-refractivity contribution in [3.05, 3.63) is 52.6 Å². The molecule has 0 unspecified atom stereocenters. The Kier molecular flexibility index (Phi) is 3.15. The van der Waals surface area contributed by atoms with Crippen molar-refractivity contribution in [2.24, 2.45) is 7.05 Å². The molecule has 2 aromatic rings. The van der Waals surface area contributed by atoms with Gasteiger partial charge in [-0.3, -0.25) is 4.57 Å². The van der Waals surface area contributed by atoms with Crippen molar-refractivity contribution >= 4 is 16.0 Å². The predicted octanol–water partition coefficient (Wildman–Crippen LogP) is 0.484. The van der Waals surface area contributed by atoms with E-state index in [1.54, 1.807) is 18.2 Å². The van der Waals surface area contributed by atoms with E-state index in [0.717, 1.165) is 14.7 Å². The first-order valence-electron chi connectivity index (χ1n) is 5.09. The van der Waals surface area contributed by atoms with E-state index in [1.807, 2.05) is 0 Å². The fraction of sp³-hybridized carbons (Fsp3) is 0.0909. The Morgan fingerprint density at radius 1 is 1.22 bits per heavy atom. The van der Waals surface area contributed by atoms with Gasteiger partial charge in [0, 0.05) is 13.2 Å². The van der Waals surface area contributed by atoms with E-state index in [0.29, 0.717) is 0 Å². The van der Waals surface area contributed by atoms with E-state index >= 15 is 0 Å². The normalized spacial score (nSPS) is 12.1. The Morgan fingerprint density at radius 2 is 1.89 bits per heavy atom. The first-order valence-corrected chi connectivity index (χ1v) is 6.64. The Hall–Kier alpha value is -2.15. The molecule has 7 heteroatoms. The molecule has 6 nitrogen and oxygen atoms in total. The lowest BCUT2D eigenvalue weighted by Gasteiger charge is -1.97. The summed E-state index contributed by atoms with van der Waals surface area (Å²) in [6, 6.07) is 7.99. The molecule has 94 valence electrons. The number of rotatable bonds is 3. The van der Waals surface area contributed by atoms with E-state index in [4.69, 9.17) is 0 Å². The zero-order valence-corrected chi connectivity index (χ0v) is 10.4. The van der Waals surface area contributed by atoms with E-state index < -0.39 is 15.5 Å². The van der Waals surface area contributed by atoms with Crippen LogP contribution >= 0.6 is 0 Å². The third-order valence-corrected chi connectivity index (χ3v) is 3.73. The lowest BCUT2D eigenvalue weighted by molar-refractivity contribution is 0.604. The van der Waals surface area contributed by atoms with Gasteiger partial charge in [0.15, 0.2) is 0 Å². The van der Waals surface area contributed by atoms with Gasteiger partial charge in [0.1, 0.15) is 6.33 Å². The second-order valence-corrected chi connectivity index (χ2v) is 5.42. The smallest absolute Gasteiger partial charge is 0.256 e. The number of hydrogen-bond donors (Lipinski definition) is 0. The molecule has 0 saturated heterocycles. The summed E-state index contributed by atoms with van der Waals surface area (Å²) >= 11 is 0. The number of hydrogen-bond acceptors (Lipinski definition) is 4.